The highest BCUT2D eigenvalue weighted by Gasteiger charge is 2.31. The van der Waals surface area contributed by atoms with Gasteiger partial charge in [-0.3, -0.25) is 10.1 Å². The van der Waals surface area contributed by atoms with E-state index in [0.717, 1.165) is 6.07 Å². The van der Waals surface area contributed by atoms with Crippen LogP contribution in [0.15, 0.2) is 54.8 Å². The third-order valence-corrected chi connectivity index (χ3v) is 4.17. The summed E-state index contributed by atoms with van der Waals surface area (Å²) in [6.07, 6.45) is 0. The zero-order valence-corrected chi connectivity index (χ0v) is 14.8. The van der Waals surface area contributed by atoms with Crippen molar-refractivity contribution in [3.05, 3.63) is 95.6 Å². The van der Waals surface area contributed by atoms with Gasteiger partial charge in [0.05, 0.1) is 22.0 Å². The number of non-ortho nitro benzene ring substituents is 1. The molecule has 2 heterocycles. The molecule has 0 unspecified atom stereocenters. The molecule has 144 valence electrons. The summed E-state index contributed by atoms with van der Waals surface area (Å²) in [5.74, 6) is -2.06. The molecule has 0 bridgehead atoms. The van der Waals surface area contributed by atoms with Crippen molar-refractivity contribution in [2.75, 3.05) is 0 Å². The quantitative estimate of drug-likeness (QED) is 0.515. The summed E-state index contributed by atoms with van der Waals surface area (Å²) in [6, 6.07) is 7.51. The highest BCUT2D eigenvalue weighted by Crippen LogP contribution is 2.38. The van der Waals surface area contributed by atoms with Gasteiger partial charge in [0.25, 0.3) is 5.69 Å². The summed E-state index contributed by atoms with van der Waals surface area (Å²) in [4.78, 5) is 35.5. The summed E-state index contributed by atoms with van der Waals surface area (Å²) in [5, 5.41) is 31.9. The number of nitro benzene ring substituents is 1. The molecule has 2 aromatic heterocycles. The molecule has 0 spiro atoms. The number of hydrogen-bond acceptors (Lipinski definition) is 8. The van der Waals surface area contributed by atoms with Gasteiger partial charge in [-0.25, -0.2) is 9.59 Å². The molecule has 1 aromatic carbocycles. The van der Waals surface area contributed by atoms with E-state index >= 15 is 0 Å². The van der Waals surface area contributed by atoms with Gasteiger partial charge in [0.2, 0.25) is 0 Å². The fourth-order valence-corrected chi connectivity index (χ4v) is 3.04. The van der Waals surface area contributed by atoms with Crippen LogP contribution in [0.2, 0.25) is 0 Å². The molecule has 0 aliphatic carbocycles. The molecule has 0 amide bonds. The molecule has 3 rings (SSSR count). The summed E-state index contributed by atoms with van der Waals surface area (Å²) < 4.78 is 10.1. The molecule has 2 N–H and O–H groups in total. The topological polar surface area (TPSA) is 144 Å². The van der Waals surface area contributed by atoms with Crippen molar-refractivity contribution in [1.29, 1.82) is 0 Å². The zero-order chi connectivity index (χ0) is 20.6. The van der Waals surface area contributed by atoms with E-state index in [4.69, 9.17) is 8.83 Å². The highest BCUT2D eigenvalue weighted by molar-refractivity contribution is 5.52. The SMILES string of the molecule is Cc1cc(O)c(C(c2cccc([N+](=O)[O-])c2)c2c(O)cc(C)oc2=O)c(=O)o1. The van der Waals surface area contributed by atoms with Crippen LogP contribution in [0, 0.1) is 24.0 Å². The van der Waals surface area contributed by atoms with E-state index in [-0.39, 0.29) is 33.9 Å². The van der Waals surface area contributed by atoms with Gasteiger partial charge in [-0.2, -0.15) is 0 Å². The van der Waals surface area contributed by atoms with Crippen LogP contribution in [0.25, 0.3) is 0 Å². The van der Waals surface area contributed by atoms with Gasteiger partial charge in [0, 0.05) is 24.3 Å². The Kier molecular flexibility index (Phi) is 4.74. The number of hydrogen-bond donors (Lipinski definition) is 2. The van der Waals surface area contributed by atoms with Crippen molar-refractivity contribution >= 4 is 5.69 Å². The van der Waals surface area contributed by atoms with Crippen LogP contribution in [-0.4, -0.2) is 15.1 Å². The smallest absolute Gasteiger partial charge is 0.343 e. The van der Waals surface area contributed by atoms with Gasteiger partial charge in [-0.1, -0.05) is 12.1 Å². The Morgan fingerprint density at radius 2 is 1.43 bits per heavy atom. The molecule has 0 saturated carbocycles. The summed E-state index contributed by atoms with van der Waals surface area (Å²) in [7, 11) is 0. The summed E-state index contributed by atoms with van der Waals surface area (Å²) in [5.41, 5.74) is -2.78. The standard InChI is InChI=1S/C19H15NO8/c1-9-6-13(21)16(18(23)27-9)15(11-4-3-5-12(8-11)20(25)26)17-14(22)7-10(2)28-19(17)24/h3-8,15,21-22H,1-2H3. The molecular formula is C19H15NO8. The van der Waals surface area contributed by atoms with E-state index in [1.165, 1.54) is 44.2 Å². The fraction of sp³-hybridized carbons (Fsp3) is 0.158. The Hall–Kier alpha value is -3.88. The number of aryl methyl sites for hydroxylation is 2. The molecule has 0 aliphatic heterocycles. The van der Waals surface area contributed by atoms with Crippen molar-refractivity contribution in [3.8, 4) is 11.5 Å². The number of rotatable bonds is 4. The zero-order valence-electron chi connectivity index (χ0n) is 14.8. The first-order valence-corrected chi connectivity index (χ1v) is 8.10. The Bertz CT molecular complexity index is 1130. The second kappa shape index (κ2) is 7.03. The van der Waals surface area contributed by atoms with Crippen molar-refractivity contribution in [1.82, 2.24) is 0 Å². The Balaban J connectivity index is 2.40. The van der Waals surface area contributed by atoms with Crippen LogP contribution in [0.3, 0.4) is 0 Å². The van der Waals surface area contributed by atoms with Gasteiger partial charge in [-0.15, -0.1) is 0 Å². The second-order valence-electron chi connectivity index (χ2n) is 6.17. The van der Waals surface area contributed by atoms with Crippen molar-refractivity contribution in [2.24, 2.45) is 0 Å². The largest absolute Gasteiger partial charge is 0.507 e. The predicted octanol–water partition coefficient (Wildman–Crippen LogP) is 2.71. The Morgan fingerprint density at radius 1 is 0.929 bits per heavy atom. The minimum atomic E-state index is -1.35. The van der Waals surface area contributed by atoms with Crippen molar-refractivity contribution < 1.29 is 24.0 Å². The summed E-state index contributed by atoms with van der Waals surface area (Å²) in [6.45, 7) is 2.90. The third-order valence-electron chi connectivity index (χ3n) is 4.17. The van der Waals surface area contributed by atoms with Gasteiger partial charge in [0.15, 0.2) is 0 Å². The van der Waals surface area contributed by atoms with E-state index in [1.807, 2.05) is 0 Å². The molecule has 0 aliphatic rings. The molecule has 0 saturated heterocycles. The lowest BCUT2D eigenvalue weighted by atomic mass is 9.85. The van der Waals surface area contributed by atoms with E-state index < -0.39 is 33.6 Å². The van der Waals surface area contributed by atoms with Crippen LogP contribution in [-0.2, 0) is 0 Å². The first kappa shape index (κ1) is 18.9. The minimum absolute atomic E-state index is 0.118. The van der Waals surface area contributed by atoms with E-state index in [9.17, 15) is 29.9 Å². The number of benzene rings is 1. The minimum Gasteiger partial charge on any atom is -0.507 e. The van der Waals surface area contributed by atoms with E-state index in [0.29, 0.717) is 0 Å². The number of nitro groups is 1. The Labute approximate surface area is 157 Å². The highest BCUT2D eigenvalue weighted by atomic mass is 16.6. The van der Waals surface area contributed by atoms with Crippen LogP contribution < -0.4 is 11.3 Å². The lowest BCUT2D eigenvalue weighted by Gasteiger charge is -2.18. The predicted molar refractivity (Wildman–Crippen MR) is 96.8 cm³/mol. The molecule has 0 radical (unpaired) electrons. The van der Waals surface area contributed by atoms with E-state index in [1.54, 1.807) is 0 Å². The fourth-order valence-electron chi connectivity index (χ4n) is 3.04. The average molecular weight is 385 g/mol. The summed E-state index contributed by atoms with van der Waals surface area (Å²) >= 11 is 0. The first-order chi connectivity index (χ1) is 13.2. The third kappa shape index (κ3) is 3.37. The maximum absolute atomic E-state index is 12.5. The van der Waals surface area contributed by atoms with Crippen molar-refractivity contribution in [2.45, 2.75) is 19.8 Å². The molecule has 28 heavy (non-hydrogen) atoms. The van der Waals surface area contributed by atoms with Crippen LogP contribution >= 0.6 is 0 Å². The molecule has 0 fully saturated rings. The monoisotopic (exact) mass is 385 g/mol. The lowest BCUT2D eigenvalue weighted by Crippen LogP contribution is -2.21. The second-order valence-corrected chi connectivity index (χ2v) is 6.17. The molecule has 0 atom stereocenters. The maximum atomic E-state index is 12.5. The molecule has 3 aromatic rings. The molecule has 9 nitrogen and oxygen atoms in total. The van der Waals surface area contributed by atoms with Crippen LogP contribution in [0.4, 0.5) is 5.69 Å². The molecular weight excluding hydrogens is 370 g/mol. The number of nitrogens with zero attached hydrogens (tertiary/aromatic N) is 1. The number of aromatic hydroxyl groups is 2. The van der Waals surface area contributed by atoms with Gasteiger partial charge >= 0.3 is 11.3 Å². The maximum Gasteiger partial charge on any atom is 0.343 e. The normalized spacial score (nSPS) is 11.0. The van der Waals surface area contributed by atoms with Crippen molar-refractivity contribution in [3.63, 3.8) is 0 Å². The molecule has 9 heteroatoms. The van der Waals surface area contributed by atoms with Crippen LogP contribution in [0.5, 0.6) is 11.5 Å². The lowest BCUT2D eigenvalue weighted by molar-refractivity contribution is -0.384. The van der Waals surface area contributed by atoms with E-state index in [2.05, 4.69) is 0 Å². The van der Waals surface area contributed by atoms with Crippen LogP contribution in [0.1, 0.15) is 34.1 Å². The van der Waals surface area contributed by atoms with Gasteiger partial charge in [-0.05, 0) is 19.4 Å². The Morgan fingerprint density at radius 3 is 1.86 bits per heavy atom. The van der Waals surface area contributed by atoms with Gasteiger partial charge < -0.3 is 19.0 Å². The first-order valence-electron chi connectivity index (χ1n) is 8.10. The van der Waals surface area contributed by atoms with Gasteiger partial charge in [0.1, 0.15) is 23.0 Å². The average Bonchev–Trinajstić information content (AvgIpc) is 2.58.